The van der Waals surface area contributed by atoms with Crippen molar-refractivity contribution in [2.75, 3.05) is 11.1 Å². The van der Waals surface area contributed by atoms with E-state index in [1.54, 1.807) is 6.20 Å². The first-order valence-corrected chi connectivity index (χ1v) is 4.03. The molecule has 0 radical (unpaired) electrons. The average molecular weight is 191 g/mol. The number of nitrogens with one attached hydrogen (secondary N) is 2. The van der Waals surface area contributed by atoms with Crippen LogP contribution in [-0.4, -0.2) is 21.4 Å². The van der Waals surface area contributed by atoms with Gasteiger partial charge in [0.05, 0.1) is 0 Å². The Hall–Kier alpha value is -2.11. The fraction of sp³-hybridized carbons (Fsp3) is 0.125. The normalized spacial score (nSPS) is 10.4. The molecule has 1 amide bonds. The topological polar surface area (TPSA) is 96.7 Å². The summed E-state index contributed by atoms with van der Waals surface area (Å²) in [5, 5.41) is 2.39. The monoisotopic (exact) mass is 191 g/mol. The zero-order valence-corrected chi connectivity index (χ0v) is 7.53. The second-order valence-electron chi connectivity index (χ2n) is 2.89. The number of nitrogen functional groups attached to an aromatic ring is 1. The molecule has 0 fully saturated rings. The van der Waals surface area contributed by atoms with Crippen molar-refractivity contribution in [1.29, 1.82) is 0 Å². The summed E-state index contributed by atoms with van der Waals surface area (Å²) in [6.45, 7) is 1.90. The highest BCUT2D eigenvalue weighted by molar-refractivity contribution is 5.83. The van der Waals surface area contributed by atoms with Gasteiger partial charge in [-0.2, -0.15) is 0 Å². The fourth-order valence-electron chi connectivity index (χ4n) is 1.23. The first-order chi connectivity index (χ1) is 6.72. The van der Waals surface area contributed by atoms with E-state index in [0.717, 1.165) is 5.56 Å². The second-order valence-corrected chi connectivity index (χ2v) is 2.89. The number of rotatable bonds is 2. The Kier molecular flexibility index (Phi) is 1.81. The van der Waals surface area contributed by atoms with E-state index >= 15 is 0 Å². The van der Waals surface area contributed by atoms with Crippen molar-refractivity contribution in [3.05, 3.63) is 11.8 Å². The first kappa shape index (κ1) is 8.49. The SMILES string of the molecule is Cc1c[nH]c2nc(N)c(NC=O)nc12. The summed E-state index contributed by atoms with van der Waals surface area (Å²) < 4.78 is 0. The summed E-state index contributed by atoms with van der Waals surface area (Å²) in [6.07, 6.45) is 2.31. The van der Waals surface area contributed by atoms with Crippen molar-refractivity contribution in [1.82, 2.24) is 15.0 Å². The van der Waals surface area contributed by atoms with Crippen molar-refractivity contribution < 1.29 is 4.79 Å². The molecular weight excluding hydrogens is 182 g/mol. The zero-order chi connectivity index (χ0) is 10.1. The molecule has 6 nitrogen and oxygen atoms in total. The van der Waals surface area contributed by atoms with Gasteiger partial charge in [0, 0.05) is 6.20 Å². The first-order valence-electron chi connectivity index (χ1n) is 4.03. The highest BCUT2D eigenvalue weighted by Gasteiger charge is 2.07. The molecule has 72 valence electrons. The number of nitrogens with two attached hydrogens (primary N) is 1. The Morgan fingerprint density at radius 3 is 3.07 bits per heavy atom. The number of carbonyl (C=O) groups excluding carboxylic acids is 1. The van der Waals surface area contributed by atoms with Crippen molar-refractivity contribution in [3.8, 4) is 0 Å². The van der Waals surface area contributed by atoms with Crippen LogP contribution in [0.15, 0.2) is 6.20 Å². The van der Waals surface area contributed by atoms with Crippen LogP contribution in [-0.2, 0) is 4.79 Å². The van der Waals surface area contributed by atoms with E-state index < -0.39 is 0 Å². The van der Waals surface area contributed by atoms with Crippen LogP contribution in [0.2, 0.25) is 0 Å². The lowest BCUT2D eigenvalue weighted by molar-refractivity contribution is -0.105. The number of anilines is 2. The standard InChI is InChI=1S/C8H9N5O/c1-4-2-10-7-5(4)12-8(11-3-14)6(9)13-7/h2-3H,1H3,(H3,9,10,13)(H,11,12,14). The molecule has 0 bridgehead atoms. The van der Waals surface area contributed by atoms with Crippen molar-refractivity contribution in [3.63, 3.8) is 0 Å². The molecular formula is C8H9N5O. The molecule has 0 spiro atoms. The highest BCUT2D eigenvalue weighted by Crippen LogP contribution is 2.19. The van der Waals surface area contributed by atoms with Gasteiger partial charge < -0.3 is 16.0 Å². The summed E-state index contributed by atoms with van der Waals surface area (Å²) in [6, 6.07) is 0. The van der Waals surface area contributed by atoms with Gasteiger partial charge in [-0.25, -0.2) is 9.97 Å². The maximum absolute atomic E-state index is 10.2. The molecule has 2 aromatic heterocycles. The number of hydrogen-bond donors (Lipinski definition) is 3. The Balaban J connectivity index is 2.67. The van der Waals surface area contributed by atoms with E-state index in [0.29, 0.717) is 17.6 Å². The fourth-order valence-corrected chi connectivity index (χ4v) is 1.23. The predicted molar refractivity (Wildman–Crippen MR) is 52.7 cm³/mol. The van der Waals surface area contributed by atoms with Gasteiger partial charge >= 0.3 is 0 Å². The molecule has 0 unspecified atom stereocenters. The summed E-state index contributed by atoms with van der Waals surface area (Å²) in [4.78, 5) is 21.4. The van der Waals surface area contributed by atoms with Crippen LogP contribution >= 0.6 is 0 Å². The van der Waals surface area contributed by atoms with Gasteiger partial charge in [-0.15, -0.1) is 0 Å². The summed E-state index contributed by atoms with van der Waals surface area (Å²) >= 11 is 0. The van der Waals surface area contributed by atoms with E-state index in [2.05, 4.69) is 20.3 Å². The number of aromatic nitrogens is 3. The molecule has 0 atom stereocenters. The van der Waals surface area contributed by atoms with E-state index in [4.69, 9.17) is 5.73 Å². The Morgan fingerprint density at radius 1 is 1.57 bits per heavy atom. The van der Waals surface area contributed by atoms with Crippen molar-refractivity contribution >= 4 is 29.2 Å². The molecule has 0 saturated carbocycles. The van der Waals surface area contributed by atoms with Crippen LogP contribution in [0, 0.1) is 6.92 Å². The molecule has 0 saturated heterocycles. The molecule has 0 aliphatic rings. The van der Waals surface area contributed by atoms with Gasteiger partial charge in [-0.3, -0.25) is 4.79 Å². The van der Waals surface area contributed by atoms with E-state index in [9.17, 15) is 4.79 Å². The molecule has 0 aliphatic heterocycles. The minimum Gasteiger partial charge on any atom is -0.381 e. The van der Waals surface area contributed by atoms with Crippen LogP contribution in [0.4, 0.5) is 11.6 Å². The number of hydrogen-bond acceptors (Lipinski definition) is 4. The summed E-state index contributed by atoms with van der Waals surface area (Å²) in [5.41, 5.74) is 7.86. The molecule has 14 heavy (non-hydrogen) atoms. The van der Waals surface area contributed by atoms with Crippen LogP contribution < -0.4 is 11.1 Å². The smallest absolute Gasteiger partial charge is 0.212 e. The molecule has 2 rings (SSSR count). The number of amides is 1. The molecule has 0 aromatic carbocycles. The highest BCUT2D eigenvalue weighted by atomic mass is 16.1. The van der Waals surface area contributed by atoms with E-state index in [1.165, 1.54) is 0 Å². The van der Waals surface area contributed by atoms with Gasteiger partial charge in [-0.1, -0.05) is 0 Å². The number of fused-ring (bicyclic) bond motifs is 1. The molecule has 0 aliphatic carbocycles. The number of aryl methyl sites for hydroxylation is 1. The largest absolute Gasteiger partial charge is 0.381 e. The molecule has 2 heterocycles. The van der Waals surface area contributed by atoms with Crippen LogP contribution in [0.5, 0.6) is 0 Å². The third-order valence-electron chi connectivity index (χ3n) is 1.92. The molecule has 2 aromatic rings. The van der Waals surface area contributed by atoms with Crippen molar-refractivity contribution in [2.24, 2.45) is 0 Å². The summed E-state index contributed by atoms with van der Waals surface area (Å²) in [7, 11) is 0. The third-order valence-corrected chi connectivity index (χ3v) is 1.92. The number of carbonyl (C=O) groups is 1. The number of H-pyrrole nitrogens is 1. The number of aromatic amines is 1. The van der Waals surface area contributed by atoms with Crippen LogP contribution in [0.3, 0.4) is 0 Å². The number of nitrogens with zero attached hydrogens (tertiary/aromatic N) is 2. The third kappa shape index (κ3) is 1.17. The average Bonchev–Trinajstić information content (AvgIpc) is 2.49. The summed E-state index contributed by atoms with van der Waals surface area (Å²) in [5.74, 6) is 0.488. The van der Waals surface area contributed by atoms with Gasteiger partial charge in [0.2, 0.25) is 6.41 Å². The Labute approximate surface area is 79.5 Å². The second kappa shape index (κ2) is 2.99. The van der Waals surface area contributed by atoms with E-state index in [-0.39, 0.29) is 11.6 Å². The Bertz CT molecular complexity index is 490. The maximum atomic E-state index is 10.2. The van der Waals surface area contributed by atoms with Gasteiger partial charge in [-0.05, 0) is 12.5 Å². The lowest BCUT2D eigenvalue weighted by Gasteiger charge is -2.01. The van der Waals surface area contributed by atoms with E-state index in [1.807, 2.05) is 6.92 Å². The minimum atomic E-state index is 0.200. The lowest BCUT2D eigenvalue weighted by atomic mass is 10.3. The van der Waals surface area contributed by atoms with Gasteiger partial charge in [0.15, 0.2) is 17.3 Å². The lowest BCUT2D eigenvalue weighted by Crippen LogP contribution is -2.04. The zero-order valence-electron chi connectivity index (χ0n) is 7.53. The predicted octanol–water partition coefficient (Wildman–Crippen LogP) is 0.417. The van der Waals surface area contributed by atoms with Gasteiger partial charge in [0.1, 0.15) is 5.52 Å². The molecule has 6 heteroatoms. The van der Waals surface area contributed by atoms with Crippen LogP contribution in [0.25, 0.3) is 11.2 Å². The Morgan fingerprint density at radius 2 is 2.36 bits per heavy atom. The molecule has 4 N–H and O–H groups in total. The van der Waals surface area contributed by atoms with Crippen molar-refractivity contribution in [2.45, 2.75) is 6.92 Å². The van der Waals surface area contributed by atoms with Gasteiger partial charge in [0.25, 0.3) is 0 Å². The van der Waals surface area contributed by atoms with Crippen LogP contribution in [0.1, 0.15) is 5.56 Å². The maximum Gasteiger partial charge on any atom is 0.212 e. The minimum absolute atomic E-state index is 0.200. The quantitative estimate of drug-likeness (QED) is 0.599.